The first kappa shape index (κ1) is 12.1. The number of fused-ring (bicyclic) bond motifs is 1. The van der Waals surface area contributed by atoms with Crippen LogP contribution in [0.5, 0.6) is 0 Å². The molecule has 0 spiro atoms. The first-order valence-corrected chi connectivity index (χ1v) is 6.30. The van der Waals surface area contributed by atoms with Gasteiger partial charge in [-0.2, -0.15) is 0 Å². The largest absolute Gasteiger partial charge is 0.441 e. The quantitative estimate of drug-likeness (QED) is 0.861. The summed E-state index contributed by atoms with van der Waals surface area (Å²) in [7, 11) is 0. The zero-order chi connectivity index (χ0) is 12.3. The number of oxazole rings is 1. The van der Waals surface area contributed by atoms with Crippen molar-refractivity contribution in [3.63, 3.8) is 0 Å². The molecule has 0 fully saturated rings. The topological polar surface area (TPSA) is 52.0 Å². The van der Waals surface area contributed by atoms with Gasteiger partial charge in [0.15, 0.2) is 11.5 Å². The fourth-order valence-electron chi connectivity index (χ4n) is 2.08. The molecule has 0 aliphatic rings. The molecule has 3 nitrogen and oxygen atoms in total. The van der Waals surface area contributed by atoms with E-state index in [2.05, 4.69) is 18.8 Å². The van der Waals surface area contributed by atoms with Crippen LogP contribution in [-0.4, -0.2) is 11.0 Å². The molecule has 0 bridgehead atoms. The molecule has 0 aliphatic carbocycles. The smallest absolute Gasteiger partial charge is 0.197 e. The normalized spacial score (nSPS) is 15.0. The summed E-state index contributed by atoms with van der Waals surface area (Å²) in [5.41, 5.74) is 7.92. The molecule has 3 heteroatoms. The van der Waals surface area contributed by atoms with Gasteiger partial charge < -0.3 is 10.2 Å². The SMILES string of the molecule is CCCC(C)C(N)Cc1nc2ccccc2o1. The highest BCUT2D eigenvalue weighted by Crippen LogP contribution is 2.18. The highest BCUT2D eigenvalue weighted by molar-refractivity contribution is 5.72. The van der Waals surface area contributed by atoms with Crippen molar-refractivity contribution in [2.75, 3.05) is 0 Å². The van der Waals surface area contributed by atoms with Gasteiger partial charge in [-0.15, -0.1) is 0 Å². The van der Waals surface area contributed by atoms with Crippen LogP contribution in [0, 0.1) is 5.92 Å². The van der Waals surface area contributed by atoms with Crippen LogP contribution in [-0.2, 0) is 6.42 Å². The Morgan fingerprint density at radius 3 is 2.82 bits per heavy atom. The van der Waals surface area contributed by atoms with Gasteiger partial charge in [-0.05, 0) is 24.5 Å². The fourth-order valence-corrected chi connectivity index (χ4v) is 2.08. The average Bonchev–Trinajstić information content (AvgIpc) is 2.71. The second-order valence-corrected chi connectivity index (χ2v) is 4.71. The van der Waals surface area contributed by atoms with Crippen molar-refractivity contribution >= 4 is 11.1 Å². The molecule has 0 aliphatic heterocycles. The van der Waals surface area contributed by atoms with E-state index in [4.69, 9.17) is 10.2 Å². The highest BCUT2D eigenvalue weighted by Gasteiger charge is 2.15. The van der Waals surface area contributed by atoms with Crippen LogP contribution in [0.3, 0.4) is 0 Å². The number of benzene rings is 1. The lowest BCUT2D eigenvalue weighted by atomic mass is 9.95. The Morgan fingerprint density at radius 2 is 2.12 bits per heavy atom. The molecule has 2 unspecified atom stereocenters. The Balaban J connectivity index is 2.07. The Kier molecular flexibility index (Phi) is 3.79. The Morgan fingerprint density at radius 1 is 1.35 bits per heavy atom. The van der Waals surface area contributed by atoms with Gasteiger partial charge in [-0.25, -0.2) is 4.98 Å². The van der Waals surface area contributed by atoms with Crippen LogP contribution in [0.4, 0.5) is 0 Å². The number of nitrogens with two attached hydrogens (primary N) is 1. The van der Waals surface area contributed by atoms with Gasteiger partial charge in [-0.3, -0.25) is 0 Å². The number of para-hydroxylation sites is 2. The third-order valence-electron chi connectivity index (χ3n) is 3.22. The van der Waals surface area contributed by atoms with Gasteiger partial charge in [0.25, 0.3) is 0 Å². The molecule has 1 aromatic carbocycles. The van der Waals surface area contributed by atoms with Crippen LogP contribution in [0.15, 0.2) is 28.7 Å². The molecule has 0 amide bonds. The summed E-state index contributed by atoms with van der Waals surface area (Å²) in [4.78, 5) is 4.45. The summed E-state index contributed by atoms with van der Waals surface area (Å²) in [5.74, 6) is 1.26. The minimum Gasteiger partial charge on any atom is -0.441 e. The van der Waals surface area contributed by atoms with Gasteiger partial charge in [0, 0.05) is 12.5 Å². The minimum atomic E-state index is 0.128. The number of nitrogens with zero attached hydrogens (tertiary/aromatic N) is 1. The lowest BCUT2D eigenvalue weighted by Gasteiger charge is -2.17. The van der Waals surface area contributed by atoms with E-state index in [1.54, 1.807) is 0 Å². The van der Waals surface area contributed by atoms with Gasteiger partial charge in [0.1, 0.15) is 5.52 Å². The molecular formula is C14H20N2O. The minimum absolute atomic E-state index is 0.128. The molecule has 0 saturated heterocycles. The summed E-state index contributed by atoms with van der Waals surface area (Å²) < 4.78 is 5.68. The number of rotatable bonds is 5. The van der Waals surface area contributed by atoms with Crippen LogP contribution in [0.25, 0.3) is 11.1 Å². The van der Waals surface area contributed by atoms with Crippen molar-refractivity contribution in [2.24, 2.45) is 11.7 Å². The lowest BCUT2D eigenvalue weighted by molar-refractivity contribution is 0.389. The van der Waals surface area contributed by atoms with Gasteiger partial charge in [0.2, 0.25) is 0 Å². The number of aromatic nitrogens is 1. The van der Waals surface area contributed by atoms with E-state index in [-0.39, 0.29) is 6.04 Å². The van der Waals surface area contributed by atoms with E-state index >= 15 is 0 Å². The van der Waals surface area contributed by atoms with Gasteiger partial charge in [-0.1, -0.05) is 32.4 Å². The standard InChI is InChI=1S/C14H20N2O/c1-3-6-10(2)11(15)9-14-16-12-7-4-5-8-13(12)17-14/h4-5,7-8,10-11H,3,6,9,15H2,1-2H3. The van der Waals surface area contributed by atoms with Crippen molar-refractivity contribution < 1.29 is 4.42 Å². The van der Waals surface area contributed by atoms with E-state index in [9.17, 15) is 0 Å². The highest BCUT2D eigenvalue weighted by atomic mass is 16.3. The second kappa shape index (κ2) is 5.32. The zero-order valence-electron chi connectivity index (χ0n) is 10.5. The molecule has 17 heavy (non-hydrogen) atoms. The number of hydrogen-bond acceptors (Lipinski definition) is 3. The van der Waals surface area contributed by atoms with Crippen LogP contribution in [0.1, 0.15) is 32.6 Å². The van der Waals surface area contributed by atoms with Crippen LogP contribution in [0.2, 0.25) is 0 Å². The third-order valence-corrected chi connectivity index (χ3v) is 3.22. The molecule has 1 aromatic heterocycles. The van der Waals surface area contributed by atoms with Gasteiger partial charge in [0.05, 0.1) is 0 Å². The molecule has 92 valence electrons. The second-order valence-electron chi connectivity index (χ2n) is 4.71. The van der Waals surface area contributed by atoms with Crippen LogP contribution < -0.4 is 5.73 Å². The average molecular weight is 232 g/mol. The molecule has 0 radical (unpaired) electrons. The van der Waals surface area contributed by atoms with E-state index < -0.39 is 0 Å². The summed E-state index contributed by atoms with van der Waals surface area (Å²) in [6.45, 7) is 4.37. The van der Waals surface area contributed by atoms with Crippen LogP contribution >= 0.6 is 0 Å². The van der Waals surface area contributed by atoms with Crippen molar-refractivity contribution in [3.8, 4) is 0 Å². The van der Waals surface area contributed by atoms with Crippen molar-refractivity contribution in [1.82, 2.24) is 4.98 Å². The van der Waals surface area contributed by atoms with E-state index in [0.29, 0.717) is 5.92 Å². The molecule has 2 atom stereocenters. The lowest BCUT2D eigenvalue weighted by Crippen LogP contribution is -2.30. The Hall–Kier alpha value is -1.35. The first-order valence-electron chi connectivity index (χ1n) is 6.30. The van der Waals surface area contributed by atoms with Crippen molar-refractivity contribution in [3.05, 3.63) is 30.2 Å². The maximum Gasteiger partial charge on any atom is 0.197 e. The van der Waals surface area contributed by atoms with E-state index in [1.165, 1.54) is 6.42 Å². The molecule has 2 aromatic rings. The zero-order valence-corrected chi connectivity index (χ0v) is 10.5. The summed E-state index contributed by atoms with van der Waals surface area (Å²) in [5, 5.41) is 0. The van der Waals surface area contributed by atoms with Crippen molar-refractivity contribution in [1.29, 1.82) is 0 Å². The monoisotopic (exact) mass is 232 g/mol. The predicted octanol–water partition coefficient (Wildman–Crippen LogP) is 3.13. The molecular weight excluding hydrogens is 212 g/mol. The molecule has 2 N–H and O–H groups in total. The summed E-state index contributed by atoms with van der Waals surface area (Å²) >= 11 is 0. The molecule has 2 rings (SSSR count). The Labute approximate surface area is 102 Å². The predicted molar refractivity (Wildman–Crippen MR) is 69.8 cm³/mol. The van der Waals surface area contributed by atoms with E-state index in [0.717, 1.165) is 29.8 Å². The van der Waals surface area contributed by atoms with Gasteiger partial charge >= 0.3 is 0 Å². The number of hydrogen-bond donors (Lipinski definition) is 1. The first-order chi connectivity index (χ1) is 8.20. The summed E-state index contributed by atoms with van der Waals surface area (Å²) in [6.07, 6.45) is 3.04. The molecule has 0 saturated carbocycles. The third kappa shape index (κ3) is 2.86. The fraction of sp³-hybridized carbons (Fsp3) is 0.500. The van der Waals surface area contributed by atoms with Crippen molar-refractivity contribution in [2.45, 2.75) is 39.2 Å². The maximum absolute atomic E-state index is 6.16. The Bertz CT molecular complexity index is 445. The maximum atomic E-state index is 6.16. The summed E-state index contributed by atoms with van der Waals surface area (Å²) in [6, 6.07) is 7.95. The van der Waals surface area contributed by atoms with E-state index in [1.807, 2.05) is 24.3 Å². The molecule has 1 heterocycles.